The van der Waals surface area contributed by atoms with Gasteiger partial charge < -0.3 is 10.5 Å². The van der Waals surface area contributed by atoms with Gasteiger partial charge in [-0.25, -0.2) is 5.43 Å². The standard InChI is InChI=1S/C13H18ClN5O/c1-20-7-6-19-13(10(14)8-17-19)12(18-16)9-4-2-3-5-11(9)15/h2-5,8,12,18H,6-7,15-16H2,1H3. The molecule has 0 spiro atoms. The minimum atomic E-state index is -0.331. The van der Waals surface area contributed by atoms with Crippen molar-refractivity contribution >= 4 is 17.3 Å². The summed E-state index contributed by atoms with van der Waals surface area (Å²) in [6, 6.07) is 7.17. The first-order chi connectivity index (χ1) is 9.69. The number of nitrogen functional groups attached to an aromatic ring is 1. The first-order valence-electron chi connectivity index (χ1n) is 6.19. The summed E-state index contributed by atoms with van der Waals surface area (Å²) >= 11 is 6.24. The number of anilines is 1. The Hall–Kier alpha value is -1.60. The van der Waals surface area contributed by atoms with Crippen molar-refractivity contribution in [3.63, 3.8) is 0 Å². The SMILES string of the molecule is COCCn1ncc(Cl)c1C(NN)c1ccccc1N. The molecule has 1 unspecified atom stereocenters. The third-order valence-corrected chi connectivity index (χ3v) is 3.38. The molecule has 20 heavy (non-hydrogen) atoms. The summed E-state index contributed by atoms with van der Waals surface area (Å²) in [5.41, 5.74) is 11.0. The molecule has 108 valence electrons. The second kappa shape index (κ2) is 6.71. The van der Waals surface area contributed by atoms with Gasteiger partial charge in [0.2, 0.25) is 0 Å². The van der Waals surface area contributed by atoms with Crippen LogP contribution in [0.15, 0.2) is 30.5 Å². The molecule has 0 amide bonds. The van der Waals surface area contributed by atoms with Crippen molar-refractivity contribution in [3.8, 4) is 0 Å². The molecule has 0 aliphatic carbocycles. The maximum Gasteiger partial charge on any atom is 0.0913 e. The molecule has 1 atom stereocenters. The lowest BCUT2D eigenvalue weighted by molar-refractivity contribution is 0.182. The Morgan fingerprint density at radius 1 is 1.45 bits per heavy atom. The zero-order valence-electron chi connectivity index (χ0n) is 11.2. The number of benzene rings is 1. The maximum atomic E-state index is 6.24. The molecule has 1 aromatic heterocycles. The Labute approximate surface area is 122 Å². The highest BCUT2D eigenvalue weighted by Crippen LogP contribution is 2.30. The van der Waals surface area contributed by atoms with Gasteiger partial charge >= 0.3 is 0 Å². The fourth-order valence-electron chi connectivity index (χ4n) is 2.10. The zero-order valence-corrected chi connectivity index (χ0v) is 12.0. The Balaban J connectivity index is 2.42. The van der Waals surface area contributed by atoms with Gasteiger partial charge in [0.1, 0.15) is 0 Å². The van der Waals surface area contributed by atoms with E-state index in [9.17, 15) is 0 Å². The number of hydrogen-bond donors (Lipinski definition) is 3. The molecule has 0 fully saturated rings. The van der Waals surface area contributed by atoms with Crippen LogP contribution in [0.4, 0.5) is 5.69 Å². The Bertz CT molecular complexity index is 572. The van der Waals surface area contributed by atoms with E-state index < -0.39 is 0 Å². The van der Waals surface area contributed by atoms with E-state index >= 15 is 0 Å². The third-order valence-electron chi connectivity index (χ3n) is 3.09. The Morgan fingerprint density at radius 2 is 2.20 bits per heavy atom. The average Bonchev–Trinajstić information content (AvgIpc) is 2.81. The van der Waals surface area contributed by atoms with Gasteiger partial charge in [-0.1, -0.05) is 29.8 Å². The van der Waals surface area contributed by atoms with Crippen LogP contribution in [-0.4, -0.2) is 23.5 Å². The molecule has 0 saturated carbocycles. The molecule has 0 aliphatic heterocycles. The van der Waals surface area contributed by atoms with Crippen LogP contribution in [0.5, 0.6) is 0 Å². The van der Waals surface area contributed by atoms with E-state index in [0.29, 0.717) is 23.9 Å². The van der Waals surface area contributed by atoms with Crippen LogP contribution in [0, 0.1) is 0 Å². The summed E-state index contributed by atoms with van der Waals surface area (Å²) < 4.78 is 6.84. The lowest BCUT2D eigenvalue weighted by atomic mass is 10.0. The molecule has 2 rings (SSSR count). The second-order valence-electron chi connectivity index (χ2n) is 4.32. The molecule has 0 bridgehead atoms. The molecule has 2 aromatic rings. The van der Waals surface area contributed by atoms with Crippen LogP contribution in [0.25, 0.3) is 0 Å². The van der Waals surface area contributed by atoms with Gasteiger partial charge in [0, 0.05) is 12.8 Å². The topological polar surface area (TPSA) is 91.1 Å². The predicted octanol–water partition coefficient (Wildman–Crippen LogP) is 1.32. The molecule has 6 nitrogen and oxygen atoms in total. The molecule has 0 radical (unpaired) electrons. The van der Waals surface area contributed by atoms with E-state index in [4.69, 9.17) is 27.9 Å². The normalized spacial score (nSPS) is 12.6. The molecule has 7 heteroatoms. The summed E-state index contributed by atoms with van der Waals surface area (Å²) in [6.45, 7) is 1.12. The van der Waals surface area contributed by atoms with Crippen LogP contribution in [0.1, 0.15) is 17.3 Å². The number of rotatable bonds is 6. The number of aromatic nitrogens is 2. The highest BCUT2D eigenvalue weighted by molar-refractivity contribution is 6.31. The molecule has 1 heterocycles. The van der Waals surface area contributed by atoms with E-state index in [-0.39, 0.29) is 6.04 Å². The number of methoxy groups -OCH3 is 1. The van der Waals surface area contributed by atoms with Crippen molar-refractivity contribution in [2.45, 2.75) is 12.6 Å². The highest BCUT2D eigenvalue weighted by Gasteiger charge is 2.22. The lowest BCUT2D eigenvalue weighted by Gasteiger charge is -2.20. The fraction of sp³-hybridized carbons (Fsp3) is 0.308. The van der Waals surface area contributed by atoms with E-state index in [1.807, 2.05) is 24.3 Å². The zero-order chi connectivity index (χ0) is 14.5. The van der Waals surface area contributed by atoms with Gasteiger partial charge in [-0.3, -0.25) is 10.5 Å². The first-order valence-corrected chi connectivity index (χ1v) is 6.57. The quantitative estimate of drug-likeness (QED) is 0.425. The van der Waals surface area contributed by atoms with Gasteiger partial charge in [0.25, 0.3) is 0 Å². The van der Waals surface area contributed by atoms with Gasteiger partial charge in [0.15, 0.2) is 0 Å². The van der Waals surface area contributed by atoms with Crippen LogP contribution in [0.3, 0.4) is 0 Å². The number of nitrogens with zero attached hydrogens (tertiary/aromatic N) is 2. The van der Waals surface area contributed by atoms with Crippen molar-refractivity contribution in [3.05, 3.63) is 46.7 Å². The van der Waals surface area contributed by atoms with Gasteiger partial charge in [-0.05, 0) is 11.6 Å². The summed E-state index contributed by atoms with van der Waals surface area (Å²) in [5.74, 6) is 5.69. The number of hydrogen-bond acceptors (Lipinski definition) is 5. The van der Waals surface area contributed by atoms with E-state index in [2.05, 4.69) is 10.5 Å². The number of nitrogens with two attached hydrogens (primary N) is 2. The van der Waals surface area contributed by atoms with Crippen LogP contribution in [0.2, 0.25) is 5.02 Å². The Morgan fingerprint density at radius 3 is 2.85 bits per heavy atom. The number of ether oxygens (including phenoxy) is 1. The number of nitrogens with one attached hydrogen (secondary N) is 1. The minimum absolute atomic E-state index is 0.331. The number of para-hydroxylation sites is 1. The van der Waals surface area contributed by atoms with Crippen LogP contribution >= 0.6 is 11.6 Å². The molecule has 1 aromatic carbocycles. The van der Waals surface area contributed by atoms with Crippen LogP contribution < -0.4 is 17.0 Å². The largest absolute Gasteiger partial charge is 0.398 e. The van der Waals surface area contributed by atoms with Crippen molar-refractivity contribution in [2.24, 2.45) is 5.84 Å². The molecular formula is C13H18ClN5O. The van der Waals surface area contributed by atoms with Crippen molar-refractivity contribution in [2.75, 3.05) is 19.5 Å². The third kappa shape index (κ3) is 2.94. The lowest BCUT2D eigenvalue weighted by Crippen LogP contribution is -2.31. The molecule has 5 N–H and O–H groups in total. The summed E-state index contributed by atoms with van der Waals surface area (Å²) in [6.07, 6.45) is 1.59. The number of halogens is 1. The molecular weight excluding hydrogens is 278 g/mol. The smallest absolute Gasteiger partial charge is 0.0913 e. The van der Waals surface area contributed by atoms with Gasteiger partial charge in [-0.2, -0.15) is 5.10 Å². The summed E-state index contributed by atoms with van der Waals surface area (Å²) in [4.78, 5) is 0. The number of hydrazine groups is 1. The monoisotopic (exact) mass is 295 g/mol. The minimum Gasteiger partial charge on any atom is -0.398 e. The van der Waals surface area contributed by atoms with Gasteiger partial charge in [-0.15, -0.1) is 0 Å². The molecule has 0 aliphatic rings. The summed E-state index contributed by atoms with van der Waals surface area (Å²) in [5, 5.41) is 4.78. The summed E-state index contributed by atoms with van der Waals surface area (Å²) in [7, 11) is 1.64. The van der Waals surface area contributed by atoms with E-state index in [1.165, 1.54) is 0 Å². The van der Waals surface area contributed by atoms with E-state index in [0.717, 1.165) is 11.3 Å². The highest BCUT2D eigenvalue weighted by atomic mass is 35.5. The average molecular weight is 296 g/mol. The van der Waals surface area contributed by atoms with Gasteiger partial charge in [0.05, 0.1) is 36.1 Å². The van der Waals surface area contributed by atoms with Crippen LogP contribution in [-0.2, 0) is 11.3 Å². The van der Waals surface area contributed by atoms with E-state index in [1.54, 1.807) is 18.0 Å². The fourth-order valence-corrected chi connectivity index (χ4v) is 2.35. The Kier molecular flexibility index (Phi) is 4.97. The maximum absolute atomic E-state index is 6.24. The van der Waals surface area contributed by atoms with Crippen molar-refractivity contribution < 1.29 is 4.74 Å². The molecule has 0 saturated heterocycles. The second-order valence-corrected chi connectivity index (χ2v) is 4.73. The predicted molar refractivity (Wildman–Crippen MR) is 79.1 cm³/mol. The van der Waals surface area contributed by atoms with Crippen molar-refractivity contribution in [1.82, 2.24) is 15.2 Å². The van der Waals surface area contributed by atoms with Crippen molar-refractivity contribution in [1.29, 1.82) is 0 Å². The first kappa shape index (κ1) is 14.8.